The lowest BCUT2D eigenvalue weighted by molar-refractivity contribution is -0.147. The zero-order valence-corrected chi connectivity index (χ0v) is 34.1. The van der Waals surface area contributed by atoms with Gasteiger partial charge in [-0.3, -0.25) is 9.59 Å². The van der Waals surface area contributed by atoms with Crippen LogP contribution in [0.15, 0.2) is 48.6 Å². The van der Waals surface area contributed by atoms with Crippen LogP contribution in [0, 0.1) is 17.3 Å². The van der Waals surface area contributed by atoms with Crippen molar-refractivity contribution in [3.05, 3.63) is 54.1 Å². The smallest absolute Gasteiger partial charge is 0.306 e. The number of allylic oxidation sites excluding steroid dienone is 3. The molecule has 1 amide bonds. The number of carbonyl (C=O) groups is 2. The van der Waals surface area contributed by atoms with Crippen molar-refractivity contribution in [1.29, 1.82) is 0 Å². The number of hydrogen-bond acceptors (Lipinski definition) is 4. The van der Waals surface area contributed by atoms with Crippen molar-refractivity contribution < 1.29 is 19.4 Å². The van der Waals surface area contributed by atoms with Crippen molar-refractivity contribution in [2.75, 3.05) is 18.6 Å². The number of carbonyl (C=O) groups excluding carboxylic acids is 2. The van der Waals surface area contributed by atoms with Gasteiger partial charge in [-0.1, -0.05) is 140 Å². The Hall–Kier alpha value is -2.11. The Morgan fingerprint density at radius 3 is 2.10 bits per heavy atom. The molecule has 4 atom stereocenters. The maximum atomic E-state index is 12.7. The van der Waals surface area contributed by atoms with Crippen LogP contribution in [0.4, 0.5) is 5.69 Å². The summed E-state index contributed by atoms with van der Waals surface area (Å²) >= 11 is 6.65. The molecule has 0 aliphatic heterocycles. The van der Waals surface area contributed by atoms with Gasteiger partial charge >= 0.3 is 5.97 Å². The van der Waals surface area contributed by atoms with Gasteiger partial charge in [0.25, 0.3) is 5.91 Å². The Kier molecular flexibility index (Phi) is 22.0. The zero-order valence-electron chi connectivity index (χ0n) is 33.3. The van der Waals surface area contributed by atoms with Crippen LogP contribution in [0.25, 0.3) is 0 Å². The lowest BCUT2D eigenvalue weighted by Crippen LogP contribution is -2.31. The molecule has 2 saturated carbocycles. The standard InChI is InChI=1S/C46H74ClNO4/c1-4-6-7-8-9-10-11-12-13-14-15-16-19-25-38-29-31-39(32-30-38)48(3)44(50)37-52-45(51)28-21-18-17-20-26-40-41(43(49)36-42(40)47)27-22-23-33-46(5-2)34-24-35-46/h17,20,22,27,29-32,40-43,49H,4-16,18-19,21,23-26,28,33-37H2,1-3H3/b20-17-,27-22+/t40-,41-,42-,43-/m1/s1. The number of benzene rings is 1. The van der Waals surface area contributed by atoms with Crippen molar-refractivity contribution in [3.8, 4) is 0 Å². The number of halogens is 1. The van der Waals surface area contributed by atoms with E-state index in [0.29, 0.717) is 18.3 Å². The fourth-order valence-electron chi connectivity index (χ4n) is 8.19. The highest BCUT2D eigenvalue weighted by Gasteiger charge is 2.39. The highest BCUT2D eigenvalue weighted by Crippen LogP contribution is 2.47. The van der Waals surface area contributed by atoms with Crippen LogP contribution in [-0.2, 0) is 20.7 Å². The molecule has 52 heavy (non-hydrogen) atoms. The summed E-state index contributed by atoms with van der Waals surface area (Å²) in [5.41, 5.74) is 2.67. The van der Waals surface area contributed by atoms with E-state index in [2.05, 4.69) is 50.3 Å². The molecule has 6 heteroatoms. The highest BCUT2D eigenvalue weighted by molar-refractivity contribution is 6.21. The quantitative estimate of drug-likeness (QED) is 0.0402. The second kappa shape index (κ2) is 25.8. The number of likely N-dealkylation sites (N-methyl/N-ethyl adjacent to an activating group) is 1. The SMILES string of the molecule is CCCCCCCCCCCCCCCc1ccc(N(C)C(=O)COC(=O)CCC/C=C\C[C@@H]2[C@@H](/C=C/CCC3(CC)CCC3)[C@H](O)C[C@H]2Cl)cc1. The molecular weight excluding hydrogens is 666 g/mol. The summed E-state index contributed by atoms with van der Waals surface area (Å²) in [6, 6.07) is 8.18. The van der Waals surface area contributed by atoms with Gasteiger partial charge in [-0.25, -0.2) is 0 Å². The Morgan fingerprint density at radius 1 is 0.865 bits per heavy atom. The molecule has 2 aliphatic carbocycles. The number of aliphatic hydroxyl groups excluding tert-OH is 1. The van der Waals surface area contributed by atoms with Gasteiger partial charge in [-0.15, -0.1) is 11.6 Å². The molecule has 2 aliphatic rings. The fourth-order valence-corrected chi connectivity index (χ4v) is 8.64. The summed E-state index contributed by atoms with van der Waals surface area (Å²) in [7, 11) is 1.73. The largest absolute Gasteiger partial charge is 0.456 e. The van der Waals surface area contributed by atoms with Gasteiger partial charge in [0, 0.05) is 30.5 Å². The van der Waals surface area contributed by atoms with E-state index in [0.717, 1.165) is 31.4 Å². The van der Waals surface area contributed by atoms with Crippen molar-refractivity contribution in [2.45, 2.75) is 186 Å². The van der Waals surface area contributed by atoms with Crippen molar-refractivity contribution in [3.63, 3.8) is 0 Å². The van der Waals surface area contributed by atoms with Gasteiger partial charge in [0.05, 0.1) is 6.10 Å². The average molecular weight is 741 g/mol. The molecule has 3 rings (SSSR count). The van der Waals surface area contributed by atoms with Gasteiger partial charge in [0.15, 0.2) is 6.61 Å². The number of alkyl halides is 1. The van der Waals surface area contributed by atoms with E-state index in [1.807, 2.05) is 12.1 Å². The first kappa shape index (κ1) is 44.3. The molecule has 294 valence electrons. The Balaban J connectivity index is 1.22. The minimum atomic E-state index is -0.379. The number of hydrogen-bond donors (Lipinski definition) is 1. The van der Waals surface area contributed by atoms with Gasteiger partial charge in [-0.2, -0.15) is 0 Å². The first-order valence-corrected chi connectivity index (χ1v) is 21.9. The van der Waals surface area contributed by atoms with Crippen LogP contribution in [0.5, 0.6) is 0 Å². The number of aliphatic hydroxyl groups is 1. The Morgan fingerprint density at radius 2 is 1.50 bits per heavy atom. The molecule has 1 aromatic carbocycles. The summed E-state index contributed by atoms with van der Waals surface area (Å²) in [4.78, 5) is 26.6. The van der Waals surface area contributed by atoms with Crippen LogP contribution >= 0.6 is 11.6 Å². The third-order valence-corrected chi connectivity index (χ3v) is 12.7. The Bertz CT molecular complexity index is 1170. The second-order valence-corrected chi connectivity index (χ2v) is 16.7. The molecule has 5 nitrogen and oxygen atoms in total. The predicted molar refractivity (Wildman–Crippen MR) is 220 cm³/mol. The number of amides is 1. The first-order valence-electron chi connectivity index (χ1n) is 21.4. The number of aryl methyl sites for hydroxylation is 1. The summed E-state index contributed by atoms with van der Waals surface area (Å²) in [5, 5.41) is 10.6. The number of rotatable bonds is 28. The molecule has 0 saturated heterocycles. The van der Waals surface area contributed by atoms with Crippen LogP contribution in [-0.4, -0.2) is 42.1 Å². The minimum Gasteiger partial charge on any atom is -0.456 e. The molecule has 0 bridgehead atoms. The molecule has 2 fully saturated rings. The third-order valence-electron chi connectivity index (χ3n) is 12.2. The summed E-state index contributed by atoms with van der Waals surface area (Å²) in [6.45, 7) is 4.34. The summed E-state index contributed by atoms with van der Waals surface area (Å²) in [6.07, 6.45) is 38.0. The predicted octanol–water partition coefficient (Wildman–Crippen LogP) is 12.5. The van der Waals surface area contributed by atoms with Gasteiger partial charge in [0.1, 0.15) is 0 Å². The van der Waals surface area contributed by atoms with E-state index < -0.39 is 0 Å². The molecule has 0 spiro atoms. The number of ether oxygens (including phenoxy) is 1. The Labute approximate surface area is 323 Å². The maximum Gasteiger partial charge on any atom is 0.306 e. The van der Waals surface area contributed by atoms with E-state index in [-0.39, 0.29) is 48.2 Å². The number of nitrogens with zero attached hydrogens (tertiary/aromatic N) is 1. The minimum absolute atomic E-state index is 0.0274. The number of esters is 1. The average Bonchev–Trinajstić information content (AvgIpc) is 3.40. The fraction of sp³-hybridized carbons (Fsp3) is 0.739. The topological polar surface area (TPSA) is 66.8 Å². The van der Waals surface area contributed by atoms with Crippen molar-refractivity contribution in [2.24, 2.45) is 17.3 Å². The molecule has 1 aromatic rings. The summed E-state index contributed by atoms with van der Waals surface area (Å²) < 4.78 is 5.31. The van der Waals surface area contributed by atoms with E-state index >= 15 is 0 Å². The van der Waals surface area contributed by atoms with Crippen LogP contribution in [0.1, 0.15) is 174 Å². The van der Waals surface area contributed by atoms with E-state index in [4.69, 9.17) is 16.3 Å². The monoisotopic (exact) mass is 740 g/mol. The van der Waals surface area contributed by atoms with Crippen molar-refractivity contribution in [1.82, 2.24) is 0 Å². The molecule has 1 N–H and O–H groups in total. The summed E-state index contributed by atoms with van der Waals surface area (Å²) in [5.74, 6) is -0.256. The van der Waals surface area contributed by atoms with E-state index in [1.165, 1.54) is 121 Å². The van der Waals surface area contributed by atoms with Crippen molar-refractivity contribution >= 4 is 29.2 Å². The van der Waals surface area contributed by atoms with Gasteiger partial charge < -0.3 is 14.7 Å². The first-order chi connectivity index (χ1) is 25.3. The van der Waals surface area contributed by atoms with E-state index in [1.54, 1.807) is 11.9 Å². The molecule has 0 aromatic heterocycles. The molecule has 0 radical (unpaired) electrons. The van der Waals surface area contributed by atoms with Crippen LogP contribution in [0.2, 0.25) is 0 Å². The molecule has 0 unspecified atom stereocenters. The van der Waals surface area contributed by atoms with Crippen LogP contribution in [0.3, 0.4) is 0 Å². The third kappa shape index (κ3) is 16.5. The highest BCUT2D eigenvalue weighted by atomic mass is 35.5. The lowest BCUT2D eigenvalue weighted by atomic mass is 9.64. The maximum absolute atomic E-state index is 12.7. The van der Waals surface area contributed by atoms with E-state index in [9.17, 15) is 14.7 Å². The normalized spacial score (nSPS) is 21.2. The molecular formula is C46H74ClNO4. The zero-order chi connectivity index (χ0) is 37.4. The van der Waals surface area contributed by atoms with Gasteiger partial charge in [0.2, 0.25) is 0 Å². The second-order valence-electron chi connectivity index (χ2n) is 16.1. The van der Waals surface area contributed by atoms with Crippen LogP contribution < -0.4 is 4.90 Å². The van der Waals surface area contributed by atoms with Gasteiger partial charge in [-0.05, 0) is 93.2 Å². The number of unbranched alkanes of at least 4 members (excludes halogenated alkanes) is 13. The lowest BCUT2D eigenvalue weighted by Gasteiger charge is -2.41. The number of anilines is 1. The molecule has 0 heterocycles.